The molecule has 1 saturated heterocycles. The maximum absolute atomic E-state index is 10.7. The zero-order chi connectivity index (χ0) is 13.4. The Kier molecular flexibility index (Phi) is 2.83. The summed E-state index contributed by atoms with van der Waals surface area (Å²) in [5, 5.41) is 12.3. The van der Waals surface area contributed by atoms with Gasteiger partial charge in [0.05, 0.1) is 0 Å². The maximum atomic E-state index is 10.7. The van der Waals surface area contributed by atoms with Crippen molar-refractivity contribution in [1.29, 1.82) is 0 Å². The molecule has 1 aliphatic rings. The van der Waals surface area contributed by atoms with Crippen LogP contribution in [-0.4, -0.2) is 41.3 Å². The van der Waals surface area contributed by atoms with Crippen molar-refractivity contribution in [3.8, 4) is 11.3 Å². The van der Waals surface area contributed by atoms with E-state index in [0.717, 1.165) is 18.7 Å². The number of aromatic nitrogens is 1. The van der Waals surface area contributed by atoms with Gasteiger partial charge in [0.15, 0.2) is 11.5 Å². The molecule has 3 rings (SSSR count). The minimum Gasteiger partial charge on any atom is -0.476 e. The zero-order valence-corrected chi connectivity index (χ0v) is 10.5. The normalized spacial score (nSPS) is 16.3. The predicted octanol–water partition coefficient (Wildman–Crippen LogP) is 2.07. The van der Waals surface area contributed by atoms with Crippen LogP contribution in [0.5, 0.6) is 0 Å². The van der Waals surface area contributed by atoms with Gasteiger partial charge in [-0.25, -0.2) is 4.79 Å². The lowest BCUT2D eigenvalue weighted by molar-refractivity contribution is 0.0686. The second kappa shape index (κ2) is 4.51. The van der Waals surface area contributed by atoms with Gasteiger partial charge in [0.1, 0.15) is 0 Å². The van der Waals surface area contributed by atoms with Crippen LogP contribution in [-0.2, 0) is 0 Å². The van der Waals surface area contributed by atoms with Gasteiger partial charge in [0.25, 0.3) is 0 Å². The molecule has 1 aliphatic heterocycles. The van der Waals surface area contributed by atoms with Crippen LogP contribution in [0.25, 0.3) is 11.3 Å². The number of benzene rings is 1. The monoisotopic (exact) mass is 258 g/mol. The second-order valence-corrected chi connectivity index (χ2v) is 4.92. The average Bonchev–Trinajstić information content (AvgIpc) is 2.85. The molecule has 0 saturated carbocycles. The van der Waals surface area contributed by atoms with Crippen LogP contribution in [0.2, 0.25) is 0 Å². The molecule has 1 aromatic carbocycles. The third-order valence-corrected chi connectivity index (χ3v) is 3.46. The van der Waals surface area contributed by atoms with E-state index in [2.05, 4.69) is 29.2 Å². The number of aromatic carboxylic acids is 1. The fourth-order valence-corrected chi connectivity index (χ4v) is 2.34. The van der Waals surface area contributed by atoms with Crippen LogP contribution in [0.1, 0.15) is 22.0 Å². The van der Waals surface area contributed by atoms with Crippen LogP contribution in [0.15, 0.2) is 34.9 Å². The van der Waals surface area contributed by atoms with E-state index in [-0.39, 0.29) is 5.69 Å². The first-order valence-corrected chi connectivity index (χ1v) is 6.12. The molecule has 0 atom stereocenters. The summed E-state index contributed by atoms with van der Waals surface area (Å²) in [7, 11) is 2.10. The summed E-state index contributed by atoms with van der Waals surface area (Å²) in [6.07, 6.45) is 0. The van der Waals surface area contributed by atoms with Crippen molar-refractivity contribution >= 4 is 5.97 Å². The molecule has 1 N–H and O–H groups in total. The quantitative estimate of drug-likeness (QED) is 0.912. The molecule has 0 amide bonds. The Hall–Kier alpha value is -2.14. The van der Waals surface area contributed by atoms with Gasteiger partial charge in [0.2, 0.25) is 0 Å². The molecule has 0 spiro atoms. The van der Waals surface area contributed by atoms with Gasteiger partial charge in [0, 0.05) is 30.6 Å². The third-order valence-electron chi connectivity index (χ3n) is 3.46. The maximum Gasteiger partial charge on any atom is 0.358 e. The van der Waals surface area contributed by atoms with E-state index in [1.165, 1.54) is 11.6 Å². The fraction of sp³-hybridized carbons (Fsp3) is 0.286. The van der Waals surface area contributed by atoms with E-state index in [9.17, 15) is 4.79 Å². The topological polar surface area (TPSA) is 66.6 Å². The van der Waals surface area contributed by atoms with E-state index < -0.39 is 5.97 Å². The van der Waals surface area contributed by atoms with E-state index in [0.29, 0.717) is 11.7 Å². The number of carboxylic acid groups (broad SMARTS) is 1. The van der Waals surface area contributed by atoms with Gasteiger partial charge in [-0.2, -0.15) is 0 Å². The van der Waals surface area contributed by atoms with Gasteiger partial charge < -0.3 is 14.5 Å². The summed E-state index contributed by atoms with van der Waals surface area (Å²) in [5.74, 6) is 0.00200. The Morgan fingerprint density at radius 1 is 1.37 bits per heavy atom. The van der Waals surface area contributed by atoms with E-state index in [1.54, 1.807) is 0 Å². The number of likely N-dealkylation sites (tertiary alicyclic amines) is 1. The van der Waals surface area contributed by atoms with Crippen LogP contribution in [0.4, 0.5) is 0 Å². The van der Waals surface area contributed by atoms with Crippen molar-refractivity contribution in [1.82, 2.24) is 10.1 Å². The van der Waals surface area contributed by atoms with E-state index >= 15 is 0 Å². The van der Waals surface area contributed by atoms with Crippen molar-refractivity contribution in [2.45, 2.75) is 5.92 Å². The number of likely N-dealkylation sites (N-methyl/N-ethyl adjacent to an activating group) is 1. The molecule has 5 heteroatoms. The van der Waals surface area contributed by atoms with Crippen LogP contribution >= 0.6 is 0 Å². The van der Waals surface area contributed by atoms with Crippen LogP contribution in [0, 0.1) is 0 Å². The van der Waals surface area contributed by atoms with Crippen molar-refractivity contribution in [2.75, 3.05) is 20.1 Å². The molecule has 1 fully saturated rings. The van der Waals surface area contributed by atoms with Crippen molar-refractivity contribution < 1.29 is 14.4 Å². The molecule has 5 nitrogen and oxygen atoms in total. The first-order valence-electron chi connectivity index (χ1n) is 6.12. The fourth-order valence-electron chi connectivity index (χ4n) is 2.34. The first-order chi connectivity index (χ1) is 9.13. The Morgan fingerprint density at radius 2 is 2.05 bits per heavy atom. The number of carboxylic acids is 1. The van der Waals surface area contributed by atoms with Crippen LogP contribution < -0.4 is 0 Å². The van der Waals surface area contributed by atoms with Gasteiger partial charge in [-0.05, 0) is 12.6 Å². The van der Waals surface area contributed by atoms with Gasteiger partial charge in [-0.3, -0.25) is 0 Å². The van der Waals surface area contributed by atoms with Crippen molar-refractivity contribution in [3.05, 3.63) is 41.6 Å². The molecule has 1 aromatic heterocycles. The molecular weight excluding hydrogens is 244 g/mol. The van der Waals surface area contributed by atoms with Gasteiger partial charge in [-0.1, -0.05) is 29.4 Å². The Labute approximate surface area is 110 Å². The number of hydrogen-bond acceptors (Lipinski definition) is 4. The van der Waals surface area contributed by atoms with E-state index in [4.69, 9.17) is 9.63 Å². The van der Waals surface area contributed by atoms with Gasteiger partial charge >= 0.3 is 5.97 Å². The summed E-state index contributed by atoms with van der Waals surface area (Å²) in [6.45, 7) is 2.18. The average molecular weight is 258 g/mol. The largest absolute Gasteiger partial charge is 0.476 e. The summed E-state index contributed by atoms with van der Waals surface area (Å²) < 4.78 is 5.03. The smallest absolute Gasteiger partial charge is 0.358 e. The Morgan fingerprint density at radius 3 is 2.58 bits per heavy atom. The highest BCUT2D eigenvalue weighted by Crippen LogP contribution is 2.28. The first kappa shape index (κ1) is 11.9. The summed E-state index contributed by atoms with van der Waals surface area (Å²) in [6, 6.07) is 9.46. The summed E-state index contributed by atoms with van der Waals surface area (Å²) in [4.78, 5) is 13.0. The lowest BCUT2D eigenvalue weighted by Crippen LogP contribution is -2.41. The number of rotatable bonds is 3. The predicted molar refractivity (Wildman–Crippen MR) is 69.1 cm³/mol. The number of nitrogens with zero attached hydrogens (tertiary/aromatic N) is 2. The molecule has 2 aromatic rings. The molecule has 19 heavy (non-hydrogen) atoms. The summed E-state index contributed by atoms with van der Waals surface area (Å²) >= 11 is 0. The zero-order valence-electron chi connectivity index (χ0n) is 10.5. The molecule has 0 radical (unpaired) electrons. The molecule has 98 valence electrons. The van der Waals surface area contributed by atoms with Crippen molar-refractivity contribution in [3.63, 3.8) is 0 Å². The number of hydrogen-bond donors (Lipinski definition) is 1. The third kappa shape index (κ3) is 2.24. The van der Waals surface area contributed by atoms with Gasteiger partial charge in [-0.15, -0.1) is 0 Å². The van der Waals surface area contributed by atoms with Crippen molar-refractivity contribution in [2.24, 2.45) is 0 Å². The Bertz CT molecular complexity index is 597. The molecular formula is C14H14N2O3. The second-order valence-electron chi connectivity index (χ2n) is 4.92. The Balaban J connectivity index is 1.79. The molecule has 2 heterocycles. The SMILES string of the molecule is CN1CC(c2ccc(-c3cc(C(=O)O)no3)cc2)C1. The highest BCUT2D eigenvalue weighted by atomic mass is 16.5. The minimum atomic E-state index is -1.08. The standard InChI is InChI=1S/C14H14N2O3/c1-16-7-11(8-16)9-2-4-10(5-3-9)13-6-12(14(17)18)15-19-13/h2-6,11H,7-8H2,1H3,(H,17,18). The molecule has 0 bridgehead atoms. The van der Waals surface area contributed by atoms with E-state index in [1.807, 2.05) is 12.1 Å². The molecule has 0 unspecified atom stereocenters. The lowest BCUT2D eigenvalue weighted by atomic mass is 9.91. The van der Waals surface area contributed by atoms with Crippen LogP contribution in [0.3, 0.4) is 0 Å². The number of carbonyl (C=O) groups is 1. The summed E-state index contributed by atoms with van der Waals surface area (Å²) in [5.41, 5.74) is 2.08. The minimum absolute atomic E-state index is 0.0697. The lowest BCUT2D eigenvalue weighted by Gasteiger charge is -2.36. The molecule has 0 aliphatic carbocycles. The highest BCUT2D eigenvalue weighted by molar-refractivity contribution is 5.86. The highest BCUT2D eigenvalue weighted by Gasteiger charge is 2.24.